The van der Waals surface area contributed by atoms with Crippen molar-refractivity contribution in [3.05, 3.63) is 46.4 Å². The summed E-state index contributed by atoms with van der Waals surface area (Å²) < 4.78 is 0.920. The van der Waals surface area contributed by atoms with Crippen LogP contribution in [0.1, 0.15) is 24.2 Å². The molecule has 2 aromatic carbocycles. The highest BCUT2D eigenvalue weighted by Crippen LogP contribution is 2.29. The maximum Gasteiger partial charge on any atom is 0.306 e. The Kier molecular flexibility index (Phi) is 4.23. The van der Waals surface area contributed by atoms with Crippen LogP contribution < -0.4 is 0 Å². The fourth-order valence-corrected chi connectivity index (χ4v) is 2.64. The average Bonchev–Trinajstić information content (AvgIpc) is 2.45. The maximum absolute atomic E-state index is 12.5. The first-order valence-corrected chi connectivity index (χ1v) is 7.17. The van der Waals surface area contributed by atoms with Crippen molar-refractivity contribution in [2.45, 2.75) is 13.8 Å². The SMILES string of the molecule is CC(C(=O)O)C(C)C(=O)c1ccc(Br)c2ccccc12. The van der Waals surface area contributed by atoms with Crippen molar-refractivity contribution < 1.29 is 14.7 Å². The molecule has 0 amide bonds. The van der Waals surface area contributed by atoms with E-state index in [-0.39, 0.29) is 5.78 Å². The molecule has 0 fully saturated rings. The molecule has 0 spiro atoms. The minimum Gasteiger partial charge on any atom is -0.481 e. The van der Waals surface area contributed by atoms with E-state index >= 15 is 0 Å². The molecular formula is C16H15BrO3. The summed E-state index contributed by atoms with van der Waals surface area (Å²) in [6, 6.07) is 11.2. The van der Waals surface area contributed by atoms with Crippen LogP contribution in [-0.2, 0) is 4.79 Å². The number of carbonyl (C=O) groups is 2. The molecule has 0 saturated carbocycles. The summed E-state index contributed by atoms with van der Waals surface area (Å²) in [6.45, 7) is 3.23. The van der Waals surface area contributed by atoms with Gasteiger partial charge in [0, 0.05) is 16.0 Å². The summed E-state index contributed by atoms with van der Waals surface area (Å²) in [5.74, 6) is -2.35. The molecule has 2 unspecified atom stereocenters. The highest BCUT2D eigenvalue weighted by molar-refractivity contribution is 9.10. The van der Waals surface area contributed by atoms with Gasteiger partial charge in [0.05, 0.1) is 5.92 Å². The molecule has 0 bridgehead atoms. The lowest BCUT2D eigenvalue weighted by Gasteiger charge is -2.16. The van der Waals surface area contributed by atoms with E-state index in [1.54, 1.807) is 19.9 Å². The molecule has 104 valence electrons. The Labute approximate surface area is 125 Å². The smallest absolute Gasteiger partial charge is 0.306 e. The average molecular weight is 335 g/mol. The first kappa shape index (κ1) is 14.7. The van der Waals surface area contributed by atoms with Gasteiger partial charge in [0.25, 0.3) is 0 Å². The van der Waals surface area contributed by atoms with Gasteiger partial charge >= 0.3 is 5.97 Å². The Morgan fingerprint density at radius 3 is 2.20 bits per heavy atom. The molecule has 2 rings (SSSR count). The lowest BCUT2D eigenvalue weighted by Crippen LogP contribution is -2.25. The van der Waals surface area contributed by atoms with E-state index in [9.17, 15) is 9.59 Å². The highest BCUT2D eigenvalue weighted by Gasteiger charge is 2.27. The summed E-state index contributed by atoms with van der Waals surface area (Å²) in [4.78, 5) is 23.6. The molecule has 0 saturated heterocycles. The normalized spacial score (nSPS) is 13.9. The van der Waals surface area contributed by atoms with Crippen molar-refractivity contribution in [1.82, 2.24) is 0 Å². The zero-order valence-electron chi connectivity index (χ0n) is 11.3. The number of benzene rings is 2. The molecule has 20 heavy (non-hydrogen) atoms. The summed E-state index contributed by atoms with van der Waals surface area (Å²) in [5.41, 5.74) is 0.574. The second-order valence-electron chi connectivity index (χ2n) is 4.92. The molecule has 4 heteroatoms. The maximum atomic E-state index is 12.5. The van der Waals surface area contributed by atoms with Crippen LogP contribution in [0, 0.1) is 11.8 Å². The molecule has 0 aromatic heterocycles. The number of ketones is 1. The molecule has 1 N–H and O–H groups in total. The van der Waals surface area contributed by atoms with Gasteiger partial charge in [-0.05, 0) is 22.9 Å². The zero-order chi connectivity index (χ0) is 14.9. The van der Waals surface area contributed by atoms with Crippen LogP contribution in [0.5, 0.6) is 0 Å². The van der Waals surface area contributed by atoms with Crippen molar-refractivity contribution in [2.24, 2.45) is 11.8 Å². The van der Waals surface area contributed by atoms with Gasteiger partial charge in [0.1, 0.15) is 0 Å². The molecule has 2 atom stereocenters. The second-order valence-corrected chi connectivity index (χ2v) is 5.77. The number of carbonyl (C=O) groups excluding carboxylic acids is 1. The van der Waals surface area contributed by atoms with Crippen molar-refractivity contribution >= 4 is 38.5 Å². The van der Waals surface area contributed by atoms with Gasteiger partial charge in [0.15, 0.2) is 5.78 Å². The van der Waals surface area contributed by atoms with Gasteiger partial charge in [-0.1, -0.05) is 54.0 Å². The van der Waals surface area contributed by atoms with Crippen LogP contribution in [0.2, 0.25) is 0 Å². The second kappa shape index (κ2) is 5.75. The molecule has 0 radical (unpaired) electrons. The van der Waals surface area contributed by atoms with Gasteiger partial charge in [0.2, 0.25) is 0 Å². The number of Topliss-reactive ketones (excluding diaryl/α,β-unsaturated/α-hetero) is 1. The van der Waals surface area contributed by atoms with Gasteiger partial charge < -0.3 is 5.11 Å². The Hall–Kier alpha value is -1.68. The minimum atomic E-state index is -0.952. The van der Waals surface area contributed by atoms with Crippen molar-refractivity contribution in [1.29, 1.82) is 0 Å². The van der Waals surface area contributed by atoms with Crippen LogP contribution in [0.4, 0.5) is 0 Å². The molecule has 0 heterocycles. The van der Waals surface area contributed by atoms with E-state index in [0.717, 1.165) is 15.2 Å². The molecule has 0 aliphatic heterocycles. The van der Waals surface area contributed by atoms with Crippen LogP contribution in [-0.4, -0.2) is 16.9 Å². The lowest BCUT2D eigenvalue weighted by molar-refractivity contribution is -0.142. The van der Waals surface area contributed by atoms with E-state index in [1.807, 2.05) is 30.3 Å². The molecule has 2 aromatic rings. The zero-order valence-corrected chi connectivity index (χ0v) is 12.8. The standard InChI is InChI=1S/C16H15BrO3/c1-9(10(2)16(19)20)15(18)13-7-8-14(17)12-6-4-3-5-11(12)13/h3-10H,1-2H3,(H,19,20). The summed E-state index contributed by atoms with van der Waals surface area (Å²) in [7, 11) is 0. The first-order valence-electron chi connectivity index (χ1n) is 6.37. The summed E-state index contributed by atoms with van der Waals surface area (Å²) >= 11 is 3.46. The largest absolute Gasteiger partial charge is 0.481 e. The van der Waals surface area contributed by atoms with Crippen LogP contribution in [0.3, 0.4) is 0 Å². The lowest BCUT2D eigenvalue weighted by atomic mass is 9.87. The quantitative estimate of drug-likeness (QED) is 0.855. The number of hydrogen-bond acceptors (Lipinski definition) is 2. The minimum absolute atomic E-state index is 0.136. The first-order chi connectivity index (χ1) is 9.43. The van der Waals surface area contributed by atoms with Crippen molar-refractivity contribution in [2.75, 3.05) is 0 Å². The third kappa shape index (κ3) is 2.61. The van der Waals surface area contributed by atoms with E-state index in [0.29, 0.717) is 5.56 Å². The Morgan fingerprint density at radius 1 is 1.00 bits per heavy atom. The molecule has 3 nitrogen and oxygen atoms in total. The molecular weight excluding hydrogens is 320 g/mol. The number of carboxylic acid groups (broad SMARTS) is 1. The van der Waals surface area contributed by atoms with Crippen LogP contribution in [0.25, 0.3) is 10.8 Å². The van der Waals surface area contributed by atoms with E-state index in [4.69, 9.17) is 5.11 Å². The predicted molar refractivity (Wildman–Crippen MR) is 81.9 cm³/mol. The van der Waals surface area contributed by atoms with Crippen molar-refractivity contribution in [3.63, 3.8) is 0 Å². The fourth-order valence-electron chi connectivity index (χ4n) is 2.16. The van der Waals surface area contributed by atoms with E-state index in [2.05, 4.69) is 15.9 Å². The van der Waals surface area contributed by atoms with Gasteiger partial charge in [-0.3, -0.25) is 9.59 Å². The Bertz CT molecular complexity index is 678. The third-order valence-corrected chi connectivity index (χ3v) is 4.38. The Balaban J connectivity index is 2.51. The number of fused-ring (bicyclic) bond motifs is 1. The number of carboxylic acids is 1. The van der Waals surface area contributed by atoms with Crippen LogP contribution in [0.15, 0.2) is 40.9 Å². The monoisotopic (exact) mass is 334 g/mol. The topological polar surface area (TPSA) is 54.4 Å². The van der Waals surface area contributed by atoms with E-state index < -0.39 is 17.8 Å². The van der Waals surface area contributed by atoms with E-state index in [1.165, 1.54) is 0 Å². The van der Waals surface area contributed by atoms with Crippen LogP contribution >= 0.6 is 15.9 Å². The van der Waals surface area contributed by atoms with Gasteiger partial charge in [-0.2, -0.15) is 0 Å². The summed E-state index contributed by atoms with van der Waals surface area (Å²) in [6.07, 6.45) is 0. The number of hydrogen-bond donors (Lipinski definition) is 1. The Morgan fingerprint density at radius 2 is 1.60 bits per heavy atom. The van der Waals surface area contributed by atoms with Gasteiger partial charge in [-0.25, -0.2) is 0 Å². The number of aliphatic carboxylic acids is 1. The number of halogens is 1. The fraction of sp³-hybridized carbons (Fsp3) is 0.250. The highest BCUT2D eigenvalue weighted by atomic mass is 79.9. The predicted octanol–water partition coefficient (Wildman–Crippen LogP) is 4.14. The van der Waals surface area contributed by atoms with Crippen molar-refractivity contribution in [3.8, 4) is 0 Å². The molecule has 0 aliphatic carbocycles. The molecule has 0 aliphatic rings. The third-order valence-electron chi connectivity index (χ3n) is 3.69. The summed E-state index contributed by atoms with van der Waals surface area (Å²) in [5, 5.41) is 10.8. The van der Waals surface area contributed by atoms with Gasteiger partial charge in [-0.15, -0.1) is 0 Å². The number of rotatable bonds is 4.